The third-order valence-electron chi connectivity index (χ3n) is 3.99. The molecule has 0 aliphatic carbocycles. The van der Waals surface area contributed by atoms with Crippen LogP contribution in [0.4, 0.5) is 5.69 Å². The molecule has 0 radical (unpaired) electrons. The predicted molar refractivity (Wildman–Crippen MR) is 94.7 cm³/mol. The van der Waals surface area contributed by atoms with Crippen LogP contribution in [0.25, 0.3) is 0 Å². The second-order valence-corrected chi connectivity index (χ2v) is 5.97. The van der Waals surface area contributed by atoms with E-state index in [1.807, 2.05) is 32.3 Å². The van der Waals surface area contributed by atoms with Crippen molar-refractivity contribution >= 4 is 29.2 Å². The molecule has 0 fully saturated rings. The van der Waals surface area contributed by atoms with Gasteiger partial charge in [-0.3, -0.25) is 4.79 Å². The van der Waals surface area contributed by atoms with E-state index in [1.165, 1.54) is 0 Å². The maximum atomic E-state index is 12.2. The highest BCUT2D eigenvalue weighted by molar-refractivity contribution is 6.31. The molecule has 2 rings (SSSR count). The topological polar surface area (TPSA) is 60.3 Å². The van der Waals surface area contributed by atoms with Gasteiger partial charge in [-0.15, -0.1) is 0 Å². The Bertz CT molecular complexity index is 781. The average Bonchev–Trinajstić information content (AvgIpc) is 2.83. The molecular formula is C18H21ClN2O3. The van der Waals surface area contributed by atoms with E-state index < -0.39 is 11.9 Å². The molecule has 24 heavy (non-hydrogen) atoms. The lowest BCUT2D eigenvalue weighted by molar-refractivity contribution is -0.119. The fourth-order valence-electron chi connectivity index (χ4n) is 2.63. The molecule has 128 valence electrons. The fourth-order valence-corrected chi connectivity index (χ4v) is 2.81. The molecule has 0 saturated heterocycles. The van der Waals surface area contributed by atoms with Crippen molar-refractivity contribution in [3.05, 3.63) is 51.8 Å². The number of ether oxygens (including phenoxy) is 1. The summed E-state index contributed by atoms with van der Waals surface area (Å²) in [6, 6.07) is 7.02. The Hall–Kier alpha value is -2.27. The average molecular weight is 349 g/mol. The molecule has 0 aliphatic rings. The number of benzene rings is 1. The van der Waals surface area contributed by atoms with Crippen molar-refractivity contribution in [1.82, 2.24) is 4.57 Å². The molecule has 0 saturated carbocycles. The van der Waals surface area contributed by atoms with Gasteiger partial charge in [-0.1, -0.05) is 17.7 Å². The molecule has 5 nitrogen and oxygen atoms in total. The third kappa shape index (κ3) is 3.79. The lowest BCUT2D eigenvalue weighted by atomic mass is 10.2. The van der Waals surface area contributed by atoms with Gasteiger partial charge in [0.25, 0.3) is 5.91 Å². The van der Waals surface area contributed by atoms with E-state index in [1.54, 1.807) is 24.3 Å². The molecule has 0 bridgehead atoms. The van der Waals surface area contributed by atoms with E-state index in [0.717, 1.165) is 23.5 Å². The van der Waals surface area contributed by atoms with Crippen LogP contribution >= 0.6 is 11.6 Å². The SMILES string of the molecule is CCn1c(C)cc(C(=O)OCC(=O)Nc2cccc(Cl)c2C)c1C. The molecule has 0 unspecified atom stereocenters. The summed E-state index contributed by atoms with van der Waals surface area (Å²) in [5.41, 5.74) is 3.69. The van der Waals surface area contributed by atoms with Crippen LogP contribution in [0.3, 0.4) is 0 Å². The fraction of sp³-hybridized carbons (Fsp3) is 0.333. The molecule has 1 amide bonds. The number of halogens is 1. The van der Waals surface area contributed by atoms with E-state index in [9.17, 15) is 9.59 Å². The van der Waals surface area contributed by atoms with Crippen LogP contribution < -0.4 is 5.32 Å². The first-order chi connectivity index (χ1) is 11.3. The standard InChI is InChI=1S/C18H21ClN2O3/c1-5-21-11(2)9-14(13(21)4)18(23)24-10-17(22)20-16-8-6-7-15(19)12(16)3/h6-9H,5,10H2,1-4H3,(H,20,22). The number of aromatic nitrogens is 1. The Kier molecular flexibility index (Phi) is 5.67. The van der Waals surface area contributed by atoms with Gasteiger partial charge < -0.3 is 14.6 Å². The molecule has 1 aromatic heterocycles. The van der Waals surface area contributed by atoms with Crippen LogP contribution in [-0.4, -0.2) is 23.1 Å². The molecular weight excluding hydrogens is 328 g/mol. The summed E-state index contributed by atoms with van der Waals surface area (Å²) in [4.78, 5) is 24.2. The third-order valence-corrected chi connectivity index (χ3v) is 4.40. The summed E-state index contributed by atoms with van der Waals surface area (Å²) in [6.45, 7) is 8.05. The highest BCUT2D eigenvalue weighted by Crippen LogP contribution is 2.23. The first-order valence-electron chi connectivity index (χ1n) is 7.74. The summed E-state index contributed by atoms with van der Waals surface area (Å²) in [7, 11) is 0. The summed E-state index contributed by atoms with van der Waals surface area (Å²) in [5, 5.41) is 3.26. The predicted octanol–water partition coefficient (Wildman–Crippen LogP) is 3.88. The Balaban J connectivity index is 1.99. The number of nitrogens with one attached hydrogen (secondary N) is 1. The number of aryl methyl sites for hydroxylation is 1. The maximum Gasteiger partial charge on any atom is 0.340 e. The number of carbonyl (C=O) groups is 2. The van der Waals surface area contributed by atoms with Crippen molar-refractivity contribution < 1.29 is 14.3 Å². The van der Waals surface area contributed by atoms with E-state index in [2.05, 4.69) is 5.32 Å². The van der Waals surface area contributed by atoms with Gasteiger partial charge in [-0.2, -0.15) is 0 Å². The number of esters is 1. The maximum absolute atomic E-state index is 12.2. The van der Waals surface area contributed by atoms with Crippen molar-refractivity contribution in [3.63, 3.8) is 0 Å². The lowest BCUT2D eigenvalue weighted by Gasteiger charge is -2.10. The van der Waals surface area contributed by atoms with Crippen LogP contribution in [0.2, 0.25) is 5.02 Å². The Morgan fingerprint density at radius 2 is 1.96 bits per heavy atom. The second kappa shape index (κ2) is 7.53. The molecule has 2 aromatic rings. The molecule has 1 heterocycles. The van der Waals surface area contributed by atoms with Gasteiger partial charge in [0.1, 0.15) is 0 Å². The van der Waals surface area contributed by atoms with Crippen LogP contribution in [-0.2, 0) is 16.1 Å². The lowest BCUT2D eigenvalue weighted by Crippen LogP contribution is -2.21. The number of hydrogen-bond donors (Lipinski definition) is 1. The van der Waals surface area contributed by atoms with Gasteiger partial charge in [0, 0.05) is 28.6 Å². The Labute approximate surface area is 146 Å². The summed E-state index contributed by atoms with van der Waals surface area (Å²) in [5.74, 6) is -0.904. The molecule has 0 aliphatic heterocycles. The van der Waals surface area contributed by atoms with Gasteiger partial charge in [0.05, 0.1) is 5.56 Å². The zero-order valence-corrected chi connectivity index (χ0v) is 15.0. The second-order valence-electron chi connectivity index (χ2n) is 5.57. The zero-order chi connectivity index (χ0) is 17.9. The number of amides is 1. The monoisotopic (exact) mass is 348 g/mol. The first-order valence-corrected chi connectivity index (χ1v) is 8.11. The van der Waals surface area contributed by atoms with Crippen LogP contribution in [0, 0.1) is 20.8 Å². The zero-order valence-electron chi connectivity index (χ0n) is 14.3. The van der Waals surface area contributed by atoms with Crippen molar-refractivity contribution in [2.75, 3.05) is 11.9 Å². The molecule has 1 N–H and O–H groups in total. The van der Waals surface area contributed by atoms with E-state index >= 15 is 0 Å². The summed E-state index contributed by atoms with van der Waals surface area (Å²) < 4.78 is 7.15. The number of anilines is 1. The number of rotatable bonds is 5. The minimum atomic E-state index is -0.499. The quantitative estimate of drug-likeness (QED) is 0.834. The Morgan fingerprint density at radius 1 is 1.25 bits per heavy atom. The number of hydrogen-bond acceptors (Lipinski definition) is 3. The van der Waals surface area contributed by atoms with Gasteiger partial charge in [0.2, 0.25) is 0 Å². The van der Waals surface area contributed by atoms with Crippen LogP contribution in [0.15, 0.2) is 24.3 Å². The van der Waals surface area contributed by atoms with E-state index in [4.69, 9.17) is 16.3 Å². The largest absolute Gasteiger partial charge is 0.452 e. The number of nitrogens with zero attached hydrogens (tertiary/aromatic N) is 1. The first kappa shape index (κ1) is 18.1. The van der Waals surface area contributed by atoms with Crippen molar-refractivity contribution in [2.45, 2.75) is 34.2 Å². The minimum Gasteiger partial charge on any atom is -0.452 e. The van der Waals surface area contributed by atoms with Gasteiger partial charge in [-0.25, -0.2) is 4.79 Å². The molecule has 0 atom stereocenters. The van der Waals surface area contributed by atoms with Crippen LogP contribution in [0.5, 0.6) is 0 Å². The highest BCUT2D eigenvalue weighted by Gasteiger charge is 2.17. The summed E-state index contributed by atoms with van der Waals surface area (Å²) >= 11 is 6.01. The molecule has 0 spiro atoms. The minimum absolute atomic E-state index is 0.347. The van der Waals surface area contributed by atoms with E-state index in [0.29, 0.717) is 16.3 Å². The van der Waals surface area contributed by atoms with Crippen molar-refractivity contribution in [2.24, 2.45) is 0 Å². The normalized spacial score (nSPS) is 10.5. The van der Waals surface area contributed by atoms with Gasteiger partial charge in [0.15, 0.2) is 6.61 Å². The van der Waals surface area contributed by atoms with E-state index in [-0.39, 0.29) is 6.61 Å². The van der Waals surface area contributed by atoms with Gasteiger partial charge >= 0.3 is 5.97 Å². The van der Waals surface area contributed by atoms with Crippen molar-refractivity contribution in [3.8, 4) is 0 Å². The van der Waals surface area contributed by atoms with Gasteiger partial charge in [-0.05, 0) is 51.5 Å². The molecule has 6 heteroatoms. The van der Waals surface area contributed by atoms with Crippen molar-refractivity contribution in [1.29, 1.82) is 0 Å². The van der Waals surface area contributed by atoms with Crippen LogP contribution in [0.1, 0.15) is 34.2 Å². The smallest absolute Gasteiger partial charge is 0.340 e. The Morgan fingerprint density at radius 3 is 2.58 bits per heavy atom. The summed E-state index contributed by atoms with van der Waals surface area (Å²) in [6.07, 6.45) is 0. The highest BCUT2D eigenvalue weighted by atomic mass is 35.5. The number of carbonyl (C=O) groups excluding carboxylic acids is 2. The molecule has 1 aromatic carbocycles.